The molecule has 0 aliphatic carbocycles. The molecule has 1 atom stereocenters. The van der Waals surface area contributed by atoms with Crippen molar-refractivity contribution in [1.29, 1.82) is 0 Å². The second kappa shape index (κ2) is 8.35. The van der Waals surface area contributed by atoms with E-state index in [-0.39, 0.29) is 12.5 Å². The standard InChI is InChI=1S/C22H26N2O3/c1-2-6-20(25)24-13-14-27-22(16-24,21(23)26)15-17-9-11-19(12-10-17)18-7-4-3-5-8-18/h3-5,7-12H,2,6,13-16H2,1H3,(H2,23,26)/t22-/m0/s1. The normalized spacial score (nSPS) is 19.7. The summed E-state index contributed by atoms with van der Waals surface area (Å²) in [6.07, 6.45) is 1.61. The maximum atomic E-state index is 12.3. The van der Waals surface area contributed by atoms with Crippen molar-refractivity contribution in [2.24, 2.45) is 5.73 Å². The van der Waals surface area contributed by atoms with E-state index in [1.54, 1.807) is 4.90 Å². The van der Waals surface area contributed by atoms with E-state index in [0.717, 1.165) is 23.1 Å². The lowest BCUT2D eigenvalue weighted by molar-refractivity contribution is -0.163. The van der Waals surface area contributed by atoms with Gasteiger partial charge < -0.3 is 15.4 Å². The molecule has 0 radical (unpaired) electrons. The Morgan fingerprint density at radius 1 is 1.07 bits per heavy atom. The van der Waals surface area contributed by atoms with Crippen molar-refractivity contribution in [3.05, 3.63) is 60.2 Å². The molecule has 142 valence electrons. The maximum Gasteiger partial charge on any atom is 0.251 e. The van der Waals surface area contributed by atoms with Crippen LogP contribution in [-0.4, -0.2) is 42.0 Å². The number of ether oxygens (including phenoxy) is 1. The van der Waals surface area contributed by atoms with E-state index in [0.29, 0.717) is 26.0 Å². The highest BCUT2D eigenvalue weighted by atomic mass is 16.5. The number of amides is 2. The van der Waals surface area contributed by atoms with Crippen molar-refractivity contribution in [3.8, 4) is 11.1 Å². The number of nitrogens with two attached hydrogens (primary N) is 1. The van der Waals surface area contributed by atoms with Gasteiger partial charge in [-0.3, -0.25) is 9.59 Å². The van der Waals surface area contributed by atoms with Crippen LogP contribution in [0.1, 0.15) is 25.3 Å². The van der Waals surface area contributed by atoms with Gasteiger partial charge in [-0.25, -0.2) is 0 Å². The van der Waals surface area contributed by atoms with Crippen LogP contribution in [0.2, 0.25) is 0 Å². The van der Waals surface area contributed by atoms with Gasteiger partial charge in [-0.05, 0) is 23.1 Å². The molecule has 27 heavy (non-hydrogen) atoms. The van der Waals surface area contributed by atoms with Crippen LogP contribution in [0.3, 0.4) is 0 Å². The Kier molecular flexibility index (Phi) is 5.91. The molecule has 1 saturated heterocycles. The summed E-state index contributed by atoms with van der Waals surface area (Å²) in [5.41, 5.74) is 7.74. The average Bonchev–Trinajstić information content (AvgIpc) is 2.69. The molecule has 2 aromatic carbocycles. The van der Waals surface area contributed by atoms with Gasteiger partial charge in [0.15, 0.2) is 5.60 Å². The van der Waals surface area contributed by atoms with Crippen LogP contribution in [0.15, 0.2) is 54.6 Å². The number of benzene rings is 2. The molecule has 2 amide bonds. The number of carbonyl (C=O) groups excluding carboxylic acids is 2. The van der Waals surface area contributed by atoms with Gasteiger partial charge in [0, 0.05) is 19.4 Å². The zero-order valence-electron chi connectivity index (χ0n) is 15.7. The lowest BCUT2D eigenvalue weighted by Crippen LogP contribution is -2.61. The van der Waals surface area contributed by atoms with Gasteiger partial charge >= 0.3 is 0 Å². The molecule has 0 spiro atoms. The smallest absolute Gasteiger partial charge is 0.251 e. The molecule has 1 aliphatic heterocycles. The minimum Gasteiger partial charge on any atom is -0.367 e. The summed E-state index contributed by atoms with van der Waals surface area (Å²) >= 11 is 0. The molecule has 2 N–H and O–H groups in total. The first-order chi connectivity index (χ1) is 13.0. The molecule has 0 bridgehead atoms. The molecule has 0 saturated carbocycles. The first kappa shape index (κ1) is 19.1. The summed E-state index contributed by atoms with van der Waals surface area (Å²) in [6.45, 7) is 3.00. The third kappa shape index (κ3) is 4.37. The largest absolute Gasteiger partial charge is 0.367 e. The minimum absolute atomic E-state index is 0.0471. The summed E-state index contributed by atoms with van der Waals surface area (Å²) in [5.74, 6) is -0.477. The number of hydrogen-bond acceptors (Lipinski definition) is 3. The number of rotatable bonds is 6. The molecule has 5 nitrogen and oxygen atoms in total. The molecule has 0 aromatic heterocycles. The predicted octanol–water partition coefficient (Wildman–Crippen LogP) is 2.78. The predicted molar refractivity (Wildman–Crippen MR) is 105 cm³/mol. The highest BCUT2D eigenvalue weighted by Gasteiger charge is 2.43. The summed E-state index contributed by atoms with van der Waals surface area (Å²) < 4.78 is 5.84. The second-order valence-electron chi connectivity index (χ2n) is 7.01. The van der Waals surface area contributed by atoms with Gasteiger partial charge in [-0.2, -0.15) is 0 Å². The summed E-state index contributed by atoms with van der Waals surface area (Å²) in [4.78, 5) is 26.2. The van der Waals surface area contributed by atoms with E-state index in [9.17, 15) is 9.59 Å². The molecule has 0 unspecified atom stereocenters. The van der Waals surface area contributed by atoms with Crippen LogP contribution in [0.4, 0.5) is 0 Å². The van der Waals surface area contributed by atoms with Gasteiger partial charge in [-0.1, -0.05) is 61.5 Å². The van der Waals surface area contributed by atoms with Crippen LogP contribution < -0.4 is 5.73 Å². The Morgan fingerprint density at radius 2 is 1.74 bits per heavy atom. The van der Waals surface area contributed by atoms with Crippen LogP contribution in [0, 0.1) is 0 Å². The second-order valence-corrected chi connectivity index (χ2v) is 7.01. The molecular weight excluding hydrogens is 340 g/mol. The number of nitrogens with zero attached hydrogens (tertiary/aromatic N) is 1. The van der Waals surface area contributed by atoms with Crippen LogP contribution in [0.25, 0.3) is 11.1 Å². The molecular formula is C22H26N2O3. The van der Waals surface area contributed by atoms with Gasteiger partial charge in [0.25, 0.3) is 5.91 Å². The number of hydrogen-bond donors (Lipinski definition) is 1. The Balaban J connectivity index is 1.78. The van der Waals surface area contributed by atoms with Crippen LogP contribution in [-0.2, 0) is 20.7 Å². The molecule has 5 heteroatoms. The molecule has 1 aliphatic rings. The van der Waals surface area contributed by atoms with E-state index in [1.165, 1.54) is 0 Å². The Bertz CT molecular complexity index is 789. The first-order valence-corrected chi connectivity index (χ1v) is 9.40. The van der Waals surface area contributed by atoms with Crippen LogP contribution >= 0.6 is 0 Å². The first-order valence-electron chi connectivity index (χ1n) is 9.40. The van der Waals surface area contributed by atoms with Crippen molar-refractivity contribution in [2.75, 3.05) is 19.7 Å². The van der Waals surface area contributed by atoms with Gasteiger partial charge in [0.1, 0.15) is 0 Å². The fraction of sp³-hybridized carbons (Fsp3) is 0.364. The van der Waals surface area contributed by atoms with E-state index in [2.05, 4.69) is 12.1 Å². The van der Waals surface area contributed by atoms with E-state index in [4.69, 9.17) is 10.5 Å². The fourth-order valence-electron chi connectivity index (χ4n) is 3.49. The van der Waals surface area contributed by atoms with Crippen molar-refractivity contribution >= 4 is 11.8 Å². The van der Waals surface area contributed by atoms with Crippen molar-refractivity contribution < 1.29 is 14.3 Å². The lowest BCUT2D eigenvalue weighted by atomic mass is 9.90. The number of carbonyl (C=O) groups is 2. The van der Waals surface area contributed by atoms with Gasteiger partial charge in [0.2, 0.25) is 5.91 Å². The highest BCUT2D eigenvalue weighted by molar-refractivity contribution is 5.86. The van der Waals surface area contributed by atoms with Crippen molar-refractivity contribution in [2.45, 2.75) is 31.8 Å². The number of morpholine rings is 1. The lowest BCUT2D eigenvalue weighted by Gasteiger charge is -2.40. The fourth-order valence-corrected chi connectivity index (χ4v) is 3.49. The Morgan fingerprint density at radius 3 is 2.37 bits per heavy atom. The highest BCUT2D eigenvalue weighted by Crippen LogP contribution is 2.26. The maximum absolute atomic E-state index is 12.3. The van der Waals surface area contributed by atoms with Gasteiger partial charge in [-0.15, -0.1) is 0 Å². The molecule has 2 aromatic rings. The third-order valence-corrected chi connectivity index (χ3v) is 5.00. The topological polar surface area (TPSA) is 72.6 Å². The third-order valence-electron chi connectivity index (χ3n) is 5.00. The van der Waals surface area contributed by atoms with Gasteiger partial charge in [0.05, 0.1) is 13.2 Å². The van der Waals surface area contributed by atoms with Crippen molar-refractivity contribution in [1.82, 2.24) is 4.90 Å². The Labute approximate surface area is 160 Å². The molecule has 1 fully saturated rings. The minimum atomic E-state index is -1.17. The van der Waals surface area contributed by atoms with Crippen molar-refractivity contribution in [3.63, 3.8) is 0 Å². The Hall–Kier alpha value is -2.66. The molecule has 1 heterocycles. The zero-order valence-corrected chi connectivity index (χ0v) is 15.7. The number of primary amides is 1. The van der Waals surface area contributed by atoms with Crippen LogP contribution in [0.5, 0.6) is 0 Å². The SMILES string of the molecule is CCCC(=O)N1CCO[C@](Cc2ccc(-c3ccccc3)cc2)(C(N)=O)C1. The summed E-state index contributed by atoms with van der Waals surface area (Å²) in [5, 5.41) is 0. The van der Waals surface area contributed by atoms with E-state index >= 15 is 0 Å². The summed E-state index contributed by atoms with van der Waals surface area (Å²) in [7, 11) is 0. The monoisotopic (exact) mass is 366 g/mol. The quantitative estimate of drug-likeness (QED) is 0.854. The van der Waals surface area contributed by atoms with E-state index in [1.807, 2.05) is 49.4 Å². The molecule has 3 rings (SSSR count). The summed E-state index contributed by atoms with van der Waals surface area (Å²) in [6, 6.07) is 18.1. The zero-order chi connectivity index (χ0) is 19.3. The average molecular weight is 366 g/mol. The van der Waals surface area contributed by atoms with E-state index < -0.39 is 11.5 Å².